The molecule has 1 N–H and O–H groups in total. The number of rotatable bonds is 3. The standard InChI is InChI=1S/C17H15NO4/c1-11(15(19)12-7-3-2-4-8-12)16(20)18-13-9-5-6-10-14(13)22-17(18)21/h2-11,15,19H,1H3. The number of fused-ring (bicyclic) bond motifs is 1. The lowest BCUT2D eigenvalue weighted by atomic mass is 9.96. The van der Waals surface area contributed by atoms with Gasteiger partial charge >= 0.3 is 5.76 Å². The van der Waals surface area contributed by atoms with Crippen LogP contribution in [0, 0.1) is 5.92 Å². The second-order valence-electron chi connectivity index (χ2n) is 5.15. The molecule has 2 unspecified atom stereocenters. The molecule has 3 aromatic rings. The van der Waals surface area contributed by atoms with Crippen molar-refractivity contribution in [2.45, 2.75) is 13.0 Å². The highest BCUT2D eigenvalue weighted by Crippen LogP contribution is 2.24. The summed E-state index contributed by atoms with van der Waals surface area (Å²) in [4.78, 5) is 24.5. The fourth-order valence-electron chi connectivity index (χ4n) is 2.45. The molecule has 0 saturated carbocycles. The molecule has 0 aliphatic carbocycles. The number of hydrogen-bond donors (Lipinski definition) is 1. The van der Waals surface area contributed by atoms with Gasteiger partial charge in [0.15, 0.2) is 5.58 Å². The Balaban J connectivity index is 1.99. The van der Waals surface area contributed by atoms with Gasteiger partial charge < -0.3 is 9.52 Å². The molecule has 1 heterocycles. The van der Waals surface area contributed by atoms with Crippen molar-refractivity contribution in [2.24, 2.45) is 5.92 Å². The molecule has 112 valence electrons. The Morgan fingerprint density at radius 1 is 1.09 bits per heavy atom. The number of benzene rings is 2. The van der Waals surface area contributed by atoms with Crippen LogP contribution < -0.4 is 5.76 Å². The Hall–Kier alpha value is -2.66. The summed E-state index contributed by atoms with van der Waals surface area (Å²) >= 11 is 0. The summed E-state index contributed by atoms with van der Waals surface area (Å²) in [5.74, 6) is -2.01. The van der Waals surface area contributed by atoms with Crippen molar-refractivity contribution in [3.8, 4) is 0 Å². The molecule has 0 bridgehead atoms. The average molecular weight is 297 g/mol. The third-order valence-electron chi connectivity index (χ3n) is 3.71. The highest BCUT2D eigenvalue weighted by Gasteiger charge is 2.27. The molecule has 0 spiro atoms. The first-order valence-electron chi connectivity index (χ1n) is 6.97. The van der Waals surface area contributed by atoms with Crippen LogP contribution in [-0.2, 0) is 0 Å². The van der Waals surface area contributed by atoms with Crippen LogP contribution in [0.5, 0.6) is 0 Å². The molecular formula is C17H15NO4. The fourth-order valence-corrected chi connectivity index (χ4v) is 2.45. The molecule has 5 nitrogen and oxygen atoms in total. The van der Waals surface area contributed by atoms with Crippen molar-refractivity contribution in [2.75, 3.05) is 0 Å². The number of aliphatic hydroxyl groups excluding tert-OH is 1. The normalized spacial score (nSPS) is 13.9. The average Bonchev–Trinajstić information content (AvgIpc) is 2.89. The fraction of sp³-hybridized carbons (Fsp3) is 0.176. The molecule has 5 heteroatoms. The number of aromatic nitrogens is 1. The molecule has 2 aromatic carbocycles. The summed E-state index contributed by atoms with van der Waals surface area (Å²) in [6, 6.07) is 15.6. The van der Waals surface area contributed by atoms with Gasteiger partial charge in [-0.1, -0.05) is 49.4 Å². The van der Waals surface area contributed by atoms with E-state index in [2.05, 4.69) is 0 Å². The monoisotopic (exact) mass is 297 g/mol. The molecule has 22 heavy (non-hydrogen) atoms. The van der Waals surface area contributed by atoms with Gasteiger partial charge in [0.2, 0.25) is 5.91 Å². The Bertz CT molecular complexity index is 863. The van der Waals surface area contributed by atoms with Crippen molar-refractivity contribution in [1.29, 1.82) is 0 Å². The first-order chi connectivity index (χ1) is 10.6. The van der Waals surface area contributed by atoms with E-state index in [4.69, 9.17) is 4.42 Å². The summed E-state index contributed by atoms with van der Waals surface area (Å²) in [5, 5.41) is 10.4. The van der Waals surface area contributed by atoms with Gasteiger partial charge in [-0.15, -0.1) is 0 Å². The van der Waals surface area contributed by atoms with Gasteiger partial charge in [-0.05, 0) is 17.7 Å². The van der Waals surface area contributed by atoms with Crippen LogP contribution in [0.25, 0.3) is 11.1 Å². The van der Waals surface area contributed by atoms with Gasteiger partial charge in [0, 0.05) is 0 Å². The van der Waals surface area contributed by atoms with Crippen molar-refractivity contribution >= 4 is 17.0 Å². The zero-order valence-corrected chi connectivity index (χ0v) is 12.0. The third-order valence-corrected chi connectivity index (χ3v) is 3.71. The number of aliphatic hydroxyl groups is 1. The summed E-state index contributed by atoms with van der Waals surface area (Å²) < 4.78 is 6.04. The van der Waals surface area contributed by atoms with Gasteiger partial charge in [-0.3, -0.25) is 4.79 Å². The number of nitrogens with zero attached hydrogens (tertiary/aromatic N) is 1. The third kappa shape index (κ3) is 2.35. The highest BCUT2D eigenvalue weighted by molar-refractivity contribution is 5.90. The van der Waals surface area contributed by atoms with Gasteiger partial charge in [-0.2, -0.15) is 0 Å². The van der Waals surface area contributed by atoms with Crippen LogP contribution in [0.15, 0.2) is 63.8 Å². The predicted octanol–water partition coefficient (Wildman–Crippen LogP) is 2.60. The minimum atomic E-state index is -0.991. The lowest BCUT2D eigenvalue weighted by Gasteiger charge is -2.17. The lowest BCUT2D eigenvalue weighted by Crippen LogP contribution is -2.31. The maximum atomic E-state index is 12.6. The summed E-state index contributed by atoms with van der Waals surface area (Å²) in [6.07, 6.45) is -0.991. The van der Waals surface area contributed by atoms with Gasteiger partial charge in [0.25, 0.3) is 0 Å². The van der Waals surface area contributed by atoms with E-state index in [1.54, 1.807) is 55.5 Å². The molecule has 0 saturated heterocycles. The van der Waals surface area contributed by atoms with Crippen LogP contribution in [0.4, 0.5) is 0 Å². The SMILES string of the molecule is CC(C(=O)n1c(=O)oc2ccccc21)C(O)c1ccccc1. The van der Waals surface area contributed by atoms with E-state index in [1.807, 2.05) is 6.07 Å². The van der Waals surface area contributed by atoms with E-state index in [0.717, 1.165) is 4.57 Å². The molecule has 0 fully saturated rings. The molecular weight excluding hydrogens is 282 g/mol. The minimum absolute atomic E-state index is 0.349. The topological polar surface area (TPSA) is 72.4 Å². The number of carbonyl (C=O) groups is 1. The first kappa shape index (κ1) is 14.3. The Kier molecular flexibility index (Phi) is 3.65. The first-order valence-corrected chi connectivity index (χ1v) is 6.97. The van der Waals surface area contributed by atoms with E-state index >= 15 is 0 Å². The molecule has 0 aliphatic rings. The number of hydrogen-bond acceptors (Lipinski definition) is 4. The molecule has 2 atom stereocenters. The zero-order chi connectivity index (χ0) is 15.7. The van der Waals surface area contributed by atoms with E-state index < -0.39 is 23.7 Å². The van der Waals surface area contributed by atoms with Gasteiger partial charge in [0.05, 0.1) is 17.5 Å². The van der Waals surface area contributed by atoms with E-state index in [9.17, 15) is 14.7 Å². The van der Waals surface area contributed by atoms with Gasteiger partial charge in [-0.25, -0.2) is 9.36 Å². The number of para-hydroxylation sites is 2. The van der Waals surface area contributed by atoms with E-state index in [-0.39, 0.29) is 0 Å². The molecule has 0 aliphatic heterocycles. The summed E-state index contributed by atoms with van der Waals surface area (Å²) in [6.45, 7) is 1.59. The second-order valence-corrected chi connectivity index (χ2v) is 5.15. The quantitative estimate of drug-likeness (QED) is 0.806. The molecule has 3 rings (SSSR count). The van der Waals surface area contributed by atoms with Crippen molar-refractivity contribution in [1.82, 2.24) is 4.57 Å². The lowest BCUT2D eigenvalue weighted by molar-refractivity contribution is 0.0626. The van der Waals surface area contributed by atoms with E-state index in [0.29, 0.717) is 16.7 Å². The molecule has 1 aromatic heterocycles. The maximum absolute atomic E-state index is 12.6. The predicted molar refractivity (Wildman–Crippen MR) is 81.7 cm³/mol. The van der Waals surface area contributed by atoms with Crippen LogP contribution in [-0.4, -0.2) is 15.6 Å². The van der Waals surface area contributed by atoms with Crippen molar-refractivity contribution in [3.63, 3.8) is 0 Å². The van der Waals surface area contributed by atoms with E-state index in [1.165, 1.54) is 0 Å². The summed E-state index contributed by atoms with van der Waals surface area (Å²) in [7, 11) is 0. The molecule has 0 radical (unpaired) electrons. The smallest absolute Gasteiger partial charge is 0.407 e. The van der Waals surface area contributed by atoms with Crippen LogP contribution >= 0.6 is 0 Å². The number of oxazole rings is 1. The molecule has 0 amide bonds. The van der Waals surface area contributed by atoms with Crippen molar-refractivity contribution in [3.05, 3.63) is 70.7 Å². The van der Waals surface area contributed by atoms with Crippen molar-refractivity contribution < 1.29 is 14.3 Å². The van der Waals surface area contributed by atoms with Crippen LogP contribution in [0.2, 0.25) is 0 Å². The van der Waals surface area contributed by atoms with Crippen LogP contribution in [0.3, 0.4) is 0 Å². The Morgan fingerprint density at radius 2 is 1.73 bits per heavy atom. The van der Waals surface area contributed by atoms with Gasteiger partial charge in [0.1, 0.15) is 0 Å². The maximum Gasteiger partial charge on any atom is 0.426 e. The zero-order valence-electron chi connectivity index (χ0n) is 12.0. The Labute approximate surface area is 126 Å². The highest BCUT2D eigenvalue weighted by atomic mass is 16.4. The summed E-state index contributed by atoms with van der Waals surface area (Å²) in [5.41, 5.74) is 1.39. The Morgan fingerprint density at radius 3 is 2.45 bits per heavy atom. The number of carbonyl (C=O) groups excluding carboxylic acids is 1. The van der Waals surface area contributed by atoms with Crippen LogP contribution in [0.1, 0.15) is 23.4 Å². The minimum Gasteiger partial charge on any atom is -0.407 e. The largest absolute Gasteiger partial charge is 0.426 e. The second kappa shape index (κ2) is 5.61.